The van der Waals surface area contributed by atoms with E-state index in [0.29, 0.717) is 31.3 Å². The molecule has 0 spiro atoms. The van der Waals surface area contributed by atoms with Crippen molar-refractivity contribution >= 4 is 29.9 Å². The maximum Gasteiger partial charge on any atom is 0.387 e. The van der Waals surface area contributed by atoms with E-state index in [1.54, 1.807) is 39.3 Å². The summed E-state index contributed by atoms with van der Waals surface area (Å²) in [5.74, 6) is 0.850. The van der Waals surface area contributed by atoms with Gasteiger partial charge in [-0.1, -0.05) is 36.4 Å². The van der Waals surface area contributed by atoms with Gasteiger partial charge in [-0.05, 0) is 24.1 Å². The SMILES string of the molecule is CCOc1cccc(CNC(=NC)NCc2ccc(COC)cc2)c1OC(F)F.I. The number of halogens is 3. The van der Waals surface area contributed by atoms with Gasteiger partial charge < -0.3 is 24.8 Å². The molecule has 2 N–H and O–H groups in total. The average molecular weight is 535 g/mol. The second-order valence-electron chi connectivity index (χ2n) is 6.08. The van der Waals surface area contributed by atoms with Crippen LogP contribution < -0.4 is 20.1 Å². The highest BCUT2D eigenvalue weighted by Gasteiger charge is 2.16. The van der Waals surface area contributed by atoms with Gasteiger partial charge in [-0.15, -0.1) is 24.0 Å². The zero-order valence-electron chi connectivity index (χ0n) is 17.3. The zero-order valence-corrected chi connectivity index (χ0v) is 19.6. The first-order valence-electron chi connectivity index (χ1n) is 9.28. The van der Waals surface area contributed by atoms with Crippen LogP contribution in [0.1, 0.15) is 23.6 Å². The Kier molecular flexibility index (Phi) is 12.1. The number of para-hydroxylation sites is 1. The molecule has 2 aromatic carbocycles. The van der Waals surface area contributed by atoms with Gasteiger partial charge in [0.25, 0.3) is 0 Å². The van der Waals surface area contributed by atoms with Crippen molar-refractivity contribution in [3.05, 3.63) is 59.2 Å². The van der Waals surface area contributed by atoms with Gasteiger partial charge in [-0.2, -0.15) is 8.78 Å². The van der Waals surface area contributed by atoms with E-state index >= 15 is 0 Å². The van der Waals surface area contributed by atoms with Gasteiger partial charge in [-0.25, -0.2) is 0 Å². The van der Waals surface area contributed by atoms with Crippen LogP contribution in [0, 0.1) is 0 Å². The van der Waals surface area contributed by atoms with Crippen molar-refractivity contribution in [2.75, 3.05) is 20.8 Å². The largest absolute Gasteiger partial charge is 0.490 e. The maximum atomic E-state index is 12.8. The molecule has 2 aromatic rings. The summed E-state index contributed by atoms with van der Waals surface area (Å²) >= 11 is 0. The van der Waals surface area contributed by atoms with Crippen LogP contribution >= 0.6 is 24.0 Å². The Bertz CT molecular complexity index is 790. The fourth-order valence-corrected chi connectivity index (χ4v) is 2.70. The molecule has 9 heteroatoms. The Labute approximate surface area is 193 Å². The lowest BCUT2D eigenvalue weighted by molar-refractivity contribution is -0.0520. The summed E-state index contributed by atoms with van der Waals surface area (Å²) < 4.78 is 40.9. The maximum absolute atomic E-state index is 12.8. The summed E-state index contributed by atoms with van der Waals surface area (Å²) in [4.78, 5) is 4.17. The Morgan fingerprint density at radius 3 is 2.30 bits per heavy atom. The molecule has 0 aliphatic heterocycles. The minimum atomic E-state index is -2.94. The topological polar surface area (TPSA) is 64.1 Å². The predicted molar refractivity (Wildman–Crippen MR) is 124 cm³/mol. The van der Waals surface area contributed by atoms with Crippen LogP contribution in [0.4, 0.5) is 8.78 Å². The minimum Gasteiger partial charge on any atom is -0.490 e. The van der Waals surface area contributed by atoms with Crippen molar-refractivity contribution < 1.29 is 23.0 Å². The number of methoxy groups -OCH3 is 1. The van der Waals surface area contributed by atoms with E-state index in [1.807, 2.05) is 24.3 Å². The van der Waals surface area contributed by atoms with Crippen molar-refractivity contribution in [1.29, 1.82) is 0 Å². The molecular weight excluding hydrogens is 507 g/mol. The van der Waals surface area contributed by atoms with E-state index in [-0.39, 0.29) is 42.0 Å². The molecule has 0 heterocycles. The molecule has 0 aliphatic rings. The minimum absolute atomic E-state index is 0. The predicted octanol–water partition coefficient (Wildman–Crippen LogP) is 4.32. The first kappa shape index (κ1) is 25.9. The van der Waals surface area contributed by atoms with E-state index in [1.165, 1.54) is 0 Å². The number of aliphatic imine (C=N–C) groups is 1. The summed E-state index contributed by atoms with van der Waals surface area (Å²) in [5, 5.41) is 6.30. The van der Waals surface area contributed by atoms with Crippen LogP contribution in [0.15, 0.2) is 47.5 Å². The third-order valence-corrected chi connectivity index (χ3v) is 4.03. The van der Waals surface area contributed by atoms with Crippen molar-refractivity contribution in [3.63, 3.8) is 0 Å². The summed E-state index contributed by atoms with van der Waals surface area (Å²) in [7, 11) is 3.30. The summed E-state index contributed by atoms with van der Waals surface area (Å²) in [6, 6.07) is 13.1. The Morgan fingerprint density at radius 1 is 1.03 bits per heavy atom. The number of nitrogens with one attached hydrogen (secondary N) is 2. The highest BCUT2D eigenvalue weighted by Crippen LogP contribution is 2.32. The molecule has 0 radical (unpaired) electrons. The molecule has 0 saturated heterocycles. The highest BCUT2D eigenvalue weighted by atomic mass is 127. The molecule has 0 amide bonds. The standard InChI is InChI=1S/C21H27F2N3O3.HI/c1-4-28-18-7-5-6-17(19(18)29-20(22)23)13-26-21(24-2)25-12-15-8-10-16(11-9-15)14-27-3;/h5-11,20H,4,12-14H2,1-3H3,(H2,24,25,26);1H. The van der Waals surface area contributed by atoms with Crippen molar-refractivity contribution in [1.82, 2.24) is 10.6 Å². The molecular formula is C21H28F2IN3O3. The lowest BCUT2D eigenvalue weighted by Gasteiger charge is -2.17. The van der Waals surface area contributed by atoms with Crippen LogP contribution in [0.3, 0.4) is 0 Å². The lowest BCUT2D eigenvalue weighted by atomic mass is 10.1. The van der Waals surface area contributed by atoms with Crippen LogP contribution in [-0.2, 0) is 24.4 Å². The number of ether oxygens (including phenoxy) is 3. The van der Waals surface area contributed by atoms with Crippen LogP contribution in [-0.4, -0.2) is 33.3 Å². The zero-order chi connectivity index (χ0) is 21.1. The lowest BCUT2D eigenvalue weighted by Crippen LogP contribution is -2.36. The van der Waals surface area contributed by atoms with Gasteiger partial charge in [0.15, 0.2) is 17.5 Å². The average Bonchev–Trinajstić information content (AvgIpc) is 2.71. The van der Waals surface area contributed by atoms with Crippen molar-refractivity contribution in [2.45, 2.75) is 33.2 Å². The number of hydrogen-bond donors (Lipinski definition) is 2. The van der Waals surface area contributed by atoms with Gasteiger partial charge in [0.05, 0.1) is 13.2 Å². The Morgan fingerprint density at radius 2 is 1.70 bits per heavy atom. The fourth-order valence-electron chi connectivity index (χ4n) is 2.70. The van der Waals surface area contributed by atoms with Gasteiger partial charge in [0.1, 0.15) is 0 Å². The molecule has 0 unspecified atom stereocenters. The third kappa shape index (κ3) is 8.31. The summed E-state index contributed by atoms with van der Waals surface area (Å²) in [6.07, 6.45) is 0. The molecule has 6 nitrogen and oxygen atoms in total. The Hall–Kier alpha value is -2.14. The summed E-state index contributed by atoms with van der Waals surface area (Å²) in [6.45, 7) is 0.574. The molecule has 30 heavy (non-hydrogen) atoms. The van der Waals surface area contributed by atoms with Gasteiger partial charge in [0.2, 0.25) is 0 Å². The second kappa shape index (κ2) is 14.0. The number of rotatable bonds is 10. The van der Waals surface area contributed by atoms with E-state index < -0.39 is 6.61 Å². The molecule has 0 atom stereocenters. The molecule has 0 aliphatic carbocycles. The molecule has 0 bridgehead atoms. The smallest absolute Gasteiger partial charge is 0.387 e. The highest BCUT2D eigenvalue weighted by molar-refractivity contribution is 14.0. The number of benzene rings is 2. The number of hydrogen-bond acceptors (Lipinski definition) is 4. The first-order valence-corrected chi connectivity index (χ1v) is 9.28. The number of guanidine groups is 1. The van der Waals surface area contributed by atoms with E-state index in [2.05, 4.69) is 20.4 Å². The van der Waals surface area contributed by atoms with Gasteiger partial charge >= 0.3 is 6.61 Å². The fraction of sp³-hybridized carbons (Fsp3) is 0.381. The monoisotopic (exact) mass is 535 g/mol. The van der Waals surface area contributed by atoms with E-state index in [9.17, 15) is 8.78 Å². The second-order valence-corrected chi connectivity index (χ2v) is 6.08. The number of alkyl halides is 2. The van der Waals surface area contributed by atoms with Crippen molar-refractivity contribution in [3.8, 4) is 11.5 Å². The number of nitrogens with zero attached hydrogens (tertiary/aromatic N) is 1. The Balaban J connectivity index is 0.00000450. The van der Waals surface area contributed by atoms with Crippen molar-refractivity contribution in [2.24, 2.45) is 4.99 Å². The van der Waals surface area contributed by atoms with Crippen LogP contribution in [0.25, 0.3) is 0 Å². The van der Waals surface area contributed by atoms with E-state index in [4.69, 9.17) is 9.47 Å². The quantitative estimate of drug-likeness (QED) is 0.270. The van der Waals surface area contributed by atoms with Gasteiger partial charge in [0, 0.05) is 32.8 Å². The third-order valence-electron chi connectivity index (χ3n) is 4.03. The molecule has 0 fully saturated rings. The molecule has 0 aromatic heterocycles. The van der Waals surface area contributed by atoms with Crippen LogP contribution in [0.5, 0.6) is 11.5 Å². The van der Waals surface area contributed by atoms with Crippen LogP contribution in [0.2, 0.25) is 0 Å². The first-order chi connectivity index (χ1) is 14.1. The molecule has 0 saturated carbocycles. The van der Waals surface area contributed by atoms with E-state index in [0.717, 1.165) is 11.1 Å². The summed E-state index contributed by atoms with van der Waals surface area (Å²) in [5.41, 5.74) is 2.72. The normalized spacial score (nSPS) is 11.1. The molecule has 166 valence electrons. The van der Waals surface area contributed by atoms with Gasteiger partial charge in [-0.3, -0.25) is 4.99 Å². The molecule has 2 rings (SSSR count).